The number of amidine groups is 1. The normalized spacial score (nSPS) is 11.5. The highest BCUT2D eigenvalue weighted by atomic mass is 79.9. The summed E-state index contributed by atoms with van der Waals surface area (Å²) >= 11 is 4.88. The SMILES string of the molecule is C=N/C(=N\N(C)N)c1ccc(Br)s1. The maximum absolute atomic E-state index is 5.36. The molecular formula is C7H9BrN4S. The van der Waals surface area contributed by atoms with Gasteiger partial charge in [0, 0.05) is 7.05 Å². The highest BCUT2D eigenvalue weighted by molar-refractivity contribution is 9.11. The predicted octanol–water partition coefficient (Wildman–Crippen LogP) is 1.68. The summed E-state index contributed by atoms with van der Waals surface area (Å²) in [6.45, 7) is 3.43. The minimum absolute atomic E-state index is 0.528. The number of nitrogens with two attached hydrogens (primary N) is 1. The van der Waals surface area contributed by atoms with Gasteiger partial charge in [0.15, 0.2) is 5.84 Å². The largest absolute Gasteiger partial charge is 0.242 e. The van der Waals surface area contributed by atoms with Crippen LogP contribution >= 0.6 is 27.3 Å². The molecule has 1 aromatic heterocycles. The number of hydrogen-bond donors (Lipinski definition) is 1. The number of thiophene rings is 1. The molecule has 1 aromatic rings. The number of nitrogens with zero attached hydrogens (tertiary/aromatic N) is 3. The van der Waals surface area contributed by atoms with Crippen molar-refractivity contribution in [2.45, 2.75) is 0 Å². The molecule has 0 saturated carbocycles. The van der Waals surface area contributed by atoms with Crippen molar-refractivity contribution < 1.29 is 0 Å². The summed E-state index contributed by atoms with van der Waals surface area (Å²) < 4.78 is 1.03. The highest BCUT2D eigenvalue weighted by Gasteiger charge is 2.04. The maximum Gasteiger partial charge on any atom is 0.190 e. The lowest BCUT2D eigenvalue weighted by molar-refractivity contribution is 0.372. The Morgan fingerprint density at radius 1 is 1.69 bits per heavy atom. The van der Waals surface area contributed by atoms with E-state index < -0.39 is 0 Å². The van der Waals surface area contributed by atoms with Crippen LogP contribution in [0, 0.1) is 0 Å². The van der Waals surface area contributed by atoms with Crippen molar-refractivity contribution in [1.82, 2.24) is 5.12 Å². The molecule has 0 radical (unpaired) electrons. The van der Waals surface area contributed by atoms with E-state index >= 15 is 0 Å². The molecule has 0 unspecified atom stereocenters. The van der Waals surface area contributed by atoms with Gasteiger partial charge in [0.05, 0.1) is 8.66 Å². The van der Waals surface area contributed by atoms with Crippen LogP contribution in [0.2, 0.25) is 0 Å². The number of hydrazone groups is 1. The fourth-order valence-electron chi connectivity index (χ4n) is 0.743. The van der Waals surface area contributed by atoms with Crippen LogP contribution in [0.15, 0.2) is 26.0 Å². The first-order valence-corrected chi connectivity index (χ1v) is 5.04. The number of hydrazine groups is 1. The maximum atomic E-state index is 5.36. The Hall–Kier alpha value is -0.720. The molecule has 0 aliphatic heterocycles. The molecule has 0 spiro atoms. The first-order chi connectivity index (χ1) is 6.13. The molecular weight excluding hydrogens is 252 g/mol. The molecule has 2 N–H and O–H groups in total. The van der Waals surface area contributed by atoms with E-state index in [0.29, 0.717) is 5.84 Å². The fraction of sp³-hybridized carbons (Fsp3) is 0.143. The van der Waals surface area contributed by atoms with E-state index in [-0.39, 0.29) is 0 Å². The summed E-state index contributed by atoms with van der Waals surface area (Å²) in [5.74, 6) is 5.89. The number of hydrogen-bond acceptors (Lipinski definition) is 4. The van der Waals surface area contributed by atoms with Gasteiger partial charge >= 0.3 is 0 Å². The molecule has 0 saturated heterocycles. The summed E-state index contributed by atoms with van der Waals surface area (Å²) in [5.41, 5.74) is 0. The fourth-order valence-corrected chi connectivity index (χ4v) is 2.08. The second-order valence-corrected chi connectivity index (χ2v) is 4.72. The van der Waals surface area contributed by atoms with Gasteiger partial charge in [0.2, 0.25) is 0 Å². The van der Waals surface area contributed by atoms with Crippen molar-refractivity contribution in [1.29, 1.82) is 0 Å². The van der Waals surface area contributed by atoms with Crippen LogP contribution in [0.4, 0.5) is 0 Å². The molecule has 70 valence electrons. The zero-order valence-electron chi connectivity index (χ0n) is 7.07. The third kappa shape index (κ3) is 2.91. The van der Waals surface area contributed by atoms with Gasteiger partial charge in [0.25, 0.3) is 0 Å². The summed E-state index contributed by atoms with van der Waals surface area (Å²) in [5, 5.41) is 5.17. The quantitative estimate of drug-likeness (QED) is 0.381. The van der Waals surface area contributed by atoms with E-state index in [1.165, 1.54) is 16.5 Å². The minimum atomic E-state index is 0.528. The van der Waals surface area contributed by atoms with Crippen molar-refractivity contribution in [2.75, 3.05) is 7.05 Å². The van der Waals surface area contributed by atoms with Crippen molar-refractivity contribution in [2.24, 2.45) is 15.9 Å². The summed E-state index contributed by atoms with van der Waals surface area (Å²) in [6, 6.07) is 3.84. The Labute approximate surface area is 88.9 Å². The average molecular weight is 261 g/mol. The smallest absolute Gasteiger partial charge is 0.190 e. The van der Waals surface area contributed by atoms with E-state index in [1.807, 2.05) is 12.1 Å². The molecule has 0 aromatic carbocycles. The summed E-state index contributed by atoms with van der Waals surface area (Å²) in [6.07, 6.45) is 0. The molecule has 0 amide bonds. The molecule has 4 nitrogen and oxygen atoms in total. The van der Waals surface area contributed by atoms with Gasteiger partial charge in [0.1, 0.15) is 0 Å². The lowest BCUT2D eigenvalue weighted by Gasteiger charge is -2.04. The van der Waals surface area contributed by atoms with Crippen molar-refractivity contribution in [3.63, 3.8) is 0 Å². The van der Waals surface area contributed by atoms with Gasteiger partial charge in [-0.3, -0.25) is 0 Å². The average Bonchev–Trinajstić information content (AvgIpc) is 2.47. The van der Waals surface area contributed by atoms with Gasteiger partial charge in [-0.1, -0.05) is 0 Å². The third-order valence-corrected chi connectivity index (χ3v) is 2.82. The van der Waals surface area contributed by atoms with Gasteiger partial charge in [-0.25, -0.2) is 16.0 Å². The van der Waals surface area contributed by atoms with Gasteiger partial charge in [-0.05, 0) is 34.8 Å². The second-order valence-electron chi connectivity index (χ2n) is 2.26. The summed E-state index contributed by atoms with van der Waals surface area (Å²) in [7, 11) is 1.63. The molecule has 0 aliphatic rings. The van der Waals surface area contributed by atoms with Crippen LogP contribution in [0.25, 0.3) is 0 Å². The van der Waals surface area contributed by atoms with E-state index in [2.05, 4.69) is 32.7 Å². The molecule has 13 heavy (non-hydrogen) atoms. The van der Waals surface area contributed by atoms with Crippen molar-refractivity contribution in [3.8, 4) is 0 Å². The molecule has 0 aliphatic carbocycles. The second kappa shape index (κ2) is 4.50. The molecule has 1 heterocycles. The molecule has 0 bridgehead atoms. The van der Waals surface area contributed by atoms with E-state index in [4.69, 9.17) is 5.84 Å². The predicted molar refractivity (Wildman–Crippen MR) is 60.1 cm³/mol. The number of halogens is 1. The lowest BCUT2D eigenvalue weighted by atomic mass is 10.4. The van der Waals surface area contributed by atoms with Crippen LogP contribution in [0.1, 0.15) is 4.88 Å². The molecule has 6 heteroatoms. The zero-order valence-corrected chi connectivity index (χ0v) is 9.47. The van der Waals surface area contributed by atoms with Gasteiger partial charge < -0.3 is 0 Å². The zero-order chi connectivity index (χ0) is 9.84. The Morgan fingerprint density at radius 3 is 2.77 bits per heavy atom. The van der Waals surface area contributed by atoms with E-state index in [9.17, 15) is 0 Å². The van der Waals surface area contributed by atoms with Crippen molar-refractivity contribution in [3.05, 3.63) is 20.8 Å². The minimum Gasteiger partial charge on any atom is -0.242 e. The van der Waals surface area contributed by atoms with Gasteiger partial charge in [-0.2, -0.15) is 0 Å². The Bertz CT molecular complexity index is 331. The van der Waals surface area contributed by atoms with E-state index in [0.717, 1.165) is 8.66 Å². The molecule has 0 fully saturated rings. The van der Waals surface area contributed by atoms with Crippen LogP contribution < -0.4 is 5.84 Å². The number of aliphatic imine (C=N–C) groups is 1. The Kier molecular flexibility index (Phi) is 3.58. The Morgan fingerprint density at radius 2 is 2.38 bits per heavy atom. The Balaban J connectivity index is 2.97. The molecule has 1 rings (SSSR count). The van der Waals surface area contributed by atoms with Crippen LogP contribution in [-0.2, 0) is 0 Å². The van der Waals surface area contributed by atoms with Gasteiger partial charge in [-0.15, -0.1) is 16.4 Å². The van der Waals surface area contributed by atoms with Crippen LogP contribution in [-0.4, -0.2) is 24.7 Å². The van der Waals surface area contributed by atoms with E-state index in [1.54, 1.807) is 7.05 Å². The first-order valence-electron chi connectivity index (χ1n) is 3.43. The lowest BCUT2D eigenvalue weighted by Crippen LogP contribution is -2.21. The first kappa shape index (κ1) is 10.4. The topological polar surface area (TPSA) is 54.0 Å². The standard InChI is InChI=1S/C7H9BrN4S/c1-10-7(11-12(2)9)5-3-4-6(8)13-5/h3-4H,1,9H2,2H3/b11-7-. The monoisotopic (exact) mass is 260 g/mol. The van der Waals surface area contributed by atoms with Crippen LogP contribution in [0.5, 0.6) is 0 Å². The highest BCUT2D eigenvalue weighted by Crippen LogP contribution is 2.22. The summed E-state index contributed by atoms with van der Waals surface area (Å²) in [4.78, 5) is 4.71. The number of rotatable bonds is 2. The molecule has 0 atom stereocenters. The van der Waals surface area contributed by atoms with Crippen LogP contribution in [0.3, 0.4) is 0 Å². The third-order valence-electron chi connectivity index (χ3n) is 1.20. The van der Waals surface area contributed by atoms with Crippen molar-refractivity contribution >= 4 is 39.8 Å².